The maximum Gasteiger partial charge on any atom is 0.415 e. The second-order valence-corrected chi connectivity index (χ2v) is 11.0. The van der Waals surface area contributed by atoms with Crippen molar-refractivity contribution < 1.29 is 23.5 Å². The molecule has 9 nitrogen and oxygen atoms in total. The molecule has 2 aliphatic rings. The van der Waals surface area contributed by atoms with Crippen molar-refractivity contribution in [1.29, 1.82) is 0 Å². The van der Waals surface area contributed by atoms with E-state index in [-0.39, 0.29) is 40.0 Å². The molecule has 0 aliphatic carbocycles. The van der Waals surface area contributed by atoms with Crippen molar-refractivity contribution in [1.82, 2.24) is 20.5 Å². The summed E-state index contributed by atoms with van der Waals surface area (Å²) in [6.07, 6.45) is 2.32. The number of rotatable bonds is 8. The molecule has 2 aliphatic heterocycles. The number of carbonyl (C=O) groups excluding carboxylic acids is 3. The van der Waals surface area contributed by atoms with E-state index >= 15 is 0 Å². The fourth-order valence-corrected chi connectivity index (χ4v) is 6.21. The Balaban J connectivity index is 1.46. The Labute approximate surface area is 248 Å². The number of amides is 2. The molecule has 2 aromatic carbocycles. The number of nitrogens with two attached hydrogens (primary N) is 1. The summed E-state index contributed by atoms with van der Waals surface area (Å²) in [5.74, 6) is -1.66. The van der Waals surface area contributed by atoms with Gasteiger partial charge in [-0.2, -0.15) is 0 Å². The van der Waals surface area contributed by atoms with Crippen LogP contribution in [0, 0.1) is 11.7 Å². The molecule has 1 aromatic heterocycles. The number of halogens is 2. The third kappa shape index (κ3) is 6.30. The van der Waals surface area contributed by atoms with Gasteiger partial charge in [0, 0.05) is 43.2 Å². The number of piperidine rings is 1. The minimum absolute atomic E-state index is 0.0737. The molecular formula is C31H33ClFN5O4. The van der Waals surface area contributed by atoms with Crippen molar-refractivity contribution in [2.75, 3.05) is 26.2 Å². The minimum atomic E-state index is -0.706. The predicted molar refractivity (Wildman–Crippen MR) is 156 cm³/mol. The van der Waals surface area contributed by atoms with E-state index in [4.69, 9.17) is 22.1 Å². The average Bonchev–Trinajstić information content (AvgIpc) is 3.47. The molecule has 220 valence electrons. The van der Waals surface area contributed by atoms with Gasteiger partial charge >= 0.3 is 6.09 Å². The Morgan fingerprint density at radius 3 is 2.60 bits per heavy atom. The first kappa shape index (κ1) is 29.6. The molecule has 3 aromatic rings. The highest BCUT2D eigenvalue weighted by molar-refractivity contribution is 6.34. The summed E-state index contributed by atoms with van der Waals surface area (Å²) < 4.78 is 18.9. The third-order valence-electron chi connectivity index (χ3n) is 8.07. The SMILES string of the molecule is CCN(C(=O)Oc1ccc(F)cc1)[C@@H]1CNC[C@H]1c1cc(C(N)=O)c(Cl)cc1C(=O)C1CCNC(c2ccccn2)C1. The molecule has 42 heavy (non-hydrogen) atoms. The molecule has 2 unspecified atom stereocenters. The first-order valence-corrected chi connectivity index (χ1v) is 14.4. The summed E-state index contributed by atoms with van der Waals surface area (Å²) >= 11 is 6.49. The Hall–Kier alpha value is -3.86. The van der Waals surface area contributed by atoms with Gasteiger partial charge in [0.15, 0.2) is 5.78 Å². The molecule has 2 saturated heterocycles. The first-order valence-electron chi connectivity index (χ1n) is 14.0. The number of aromatic nitrogens is 1. The van der Waals surface area contributed by atoms with Crippen molar-refractivity contribution >= 4 is 29.4 Å². The number of Topliss-reactive ketones (excluding diaryl/α,β-unsaturated/α-hetero) is 1. The zero-order valence-electron chi connectivity index (χ0n) is 23.2. The van der Waals surface area contributed by atoms with Crippen LogP contribution >= 0.6 is 11.6 Å². The van der Waals surface area contributed by atoms with Crippen molar-refractivity contribution in [3.63, 3.8) is 0 Å². The molecular weight excluding hydrogens is 561 g/mol. The van der Waals surface area contributed by atoms with Crippen LogP contribution in [0.4, 0.5) is 9.18 Å². The lowest BCUT2D eigenvalue weighted by atomic mass is 9.80. The lowest BCUT2D eigenvalue weighted by Gasteiger charge is -2.33. The van der Waals surface area contributed by atoms with Crippen molar-refractivity contribution in [2.24, 2.45) is 11.7 Å². The van der Waals surface area contributed by atoms with Gasteiger partial charge in [0.25, 0.3) is 0 Å². The Morgan fingerprint density at radius 1 is 1.12 bits per heavy atom. The lowest BCUT2D eigenvalue weighted by molar-refractivity contribution is 0.0874. The zero-order valence-corrected chi connectivity index (χ0v) is 23.9. The van der Waals surface area contributed by atoms with Crippen LogP contribution in [0.1, 0.15) is 63.7 Å². The van der Waals surface area contributed by atoms with Gasteiger partial charge in [-0.1, -0.05) is 17.7 Å². The fraction of sp³-hybridized carbons (Fsp3) is 0.355. The van der Waals surface area contributed by atoms with Crippen LogP contribution < -0.4 is 21.1 Å². The highest BCUT2D eigenvalue weighted by atomic mass is 35.5. The molecule has 3 heterocycles. The van der Waals surface area contributed by atoms with Gasteiger partial charge in [-0.15, -0.1) is 0 Å². The number of ketones is 1. The second-order valence-electron chi connectivity index (χ2n) is 10.6. The molecule has 4 atom stereocenters. The van der Waals surface area contributed by atoms with E-state index in [1.54, 1.807) is 23.2 Å². The van der Waals surface area contributed by atoms with Crippen LogP contribution in [0.3, 0.4) is 0 Å². The summed E-state index contributed by atoms with van der Waals surface area (Å²) in [5.41, 5.74) is 7.65. The Kier molecular flexibility index (Phi) is 9.15. The maximum absolute atomic E-state index is 14.2. The van der Waals surface area contributed by atoms with Gasteiger partial charge in [0.05, 0.1) is 28.4 Å². The molecule has 5 rings (SSSR count). The summed E-state index contributed by atoms with van der Waals surface area (Å²) in [7, 11) is 0. The topological polar surface area (TPSA) is 127 Å². The number of nitrogens with zero attached hydrogens (tertiary/aromatic N) is 2. The minimum Gasteiger partial charge on any atom is -0.410 e. The van der Waals surface area contributed by atoms with Crippen LogP contribution in [0.2, 0.25) is 5.02 Å². The number of pyridine rings is 1. The van der Waals surface area contributed by atoms with E-state index in [9.17, 15) is 18.8 Å². The van der Waals surface area contributed by atoms with E-state index in [1.165, 1.54) is 24.3 Å². The van der Waals surface area contributed by atoms with E-state index in [2.05, 4.69) is 15.6 Å². The van der Waals surface area contributed by atoms with E-state index in [0.717, 1.165) is 5.69 Å². The smallest absolute Gasteiger partial charge is 0.410 e. The van der Waals surface area contributed by atoms with Gasteiger partial charge in [-0.25, -0.2) is 9.18 Å². The maximum atomic E-state index is 14.2. The molecule has 2 amide bonds. The number of hydrogen-bond acceptors (Lipinski definition) is 7. The van der Waals surface area contributed by atoms with Crippen molar-refractivity contribution in [3.8, 4) is 5.75 Å². The molecule has 4 N–H and O–H groups in total. The summed E-state index contributed by atoms with van der Waals surface area (Å²) in [6.45, 7) is 3.69. The van der Waals surface area contributed by atoms with Crippen molar-refractivity contribution in [2.45, 2.75) is 37.8 Å². The number of carbonyl (C=O) groups is 3. The standard InChI is InChI=1S/C31H33ClFN5O4/c1-2-38(31(41)42-20-8-6-19(33)7-9-20)28-17-35-16-24(28)21-14-23(30(34)40)25(32)15-22(21)29(39)18-10-12-37-27(13-18)26-5-3-4-11-36-26/h3-9,11,14-15,18,24,27-28,35,37H,2,10,12-13,16-17H2,1H3,(H2,34,40)/t18?,24-,27?,28+/m0/s1. The van der Waals surface area contributed by atoms with Crippen LogP contribution in [0.15, 0.2) is 60.8 Å². The number of ether oxygens (including phenoxy) is 1. The van der Waals surface area contributed by atoms with E-state index in [1.807, 2.05) is 25.1 Å². The van der Waals surface area contributed by atoms with E-state index in [0.29, 0.717) is 50.1 Å². The van der Waals surface area contributed by atoms with Gasteiger partial charge in [-0.3, -0.25) is 14.6 Å². The molecule has 0 spiro atoms. The second kappa shape index (κ2) is 13.0. The number of benzene rings is 2. The molecule has 0 bridgehead atoms. The quantitative estimate of drug-likeness (QED) is 0.329. The Bertz CT molecular complexity index is 1460. The summed E-state index contributed by atoms with van der Waals surface area (Å²) in [6, 6.07) is 13.6. The number of primary amides is 1. The average molecular weight is 594 g/mol. The van der Waals surface area contributed by atoms with Crippen LogP contribution in [-0.4, -0.2) is 59.9 Å². The monoisotopic (exact) mass is 593 g/mol. The third-order valence-corrected chi connectivity index (χ3v) is 8.38. The summed E-state index contributed by atoms with van der Waals surface area (Å²) in [4.78, 5) is 45.7. The van der Waals surface area contributed by atoms with Gasteiger partial charge < -0.3 is 26.0 Å². The van der Waals surface area contributed by atoms with Crippen LogP contribution in [-0.2, 0) is 0 Å². The molecule has 2 fully saturated rings. The number of likely N-dealkylation sites (N-methyl/N-ethyl adjacent to an activating group) is 1. The number of hydrogen-bond donors (Lipinski definition) is 3. The molecule has 0 saturated carbocycles. The molecule has 11 heteroatoms. The van der Waals surface area contributed by atoms with E-state index < -0.39 is 23.9 Å². The number of nitrogens with one attached hydrogen (secondary N) is 2. The first-order chi connectivity index (χ1) is 20.3. The lowest BCUT2D eigenvalue weighted by Crippen LogP contribution is -2.45. The highest BCUT2D eigenvalue weighted by Gasteiger charge is 2.39. The van der Waals surface area contributed by atoms with Crippen LogP contribution in [0.25, 0.3) is 0 Å². The molecule has 0 radical (unpaired) electrons. The zero-order chi connectivity index (χ0) is 29.8. The van der Waals surface area contributed by atoms with Crippen molar-refractivity contribution in [3.05, 3.63) is 94.0 Å². The van der Waals surface area contributed by atoms with Gasteiger partial charge in [0.1, 0.15) is 11.6 Å². The van der Waals surface area contributed by atoms with Gasteiger partial charge in [-0.05, 0) is 80.4 Å². The predicted octanol–water partition coefficient (Wildman–Crippen LogP) is 4.47. The van der Waals surface area contributed by atoms with Gasteiger partial charge in [0.2, 0.25) is 5.91 Å². The Morgan fingerprint density at radius 2 is 1.90 bits per heavy atom. The normalized spacial score (nSPS) is 22.0. The fourth-order valence-electron chi connectivity index (χ4n) is 5.95. The highest BCUT2D eigenvalue weighted by Crippen LogP contribution is 2.37. The van der Waals surface area contributed by atoms with Crippen LogP contribution in [0.5, 0.6) is 5.75 Å². The largest absolute Gasteiger partial charge is 0.415 e. The summed E-state index contributed by atoms with van der Waals surface area (Å²) in [5, 5.41) is 6.88.